The number of hydrogen-bond acceptors (Lipinski definition) is 3. The number of alkyl halides is 2. The molecule has 15 heavy (non-hydrogen) atoms. The number of carboxylic acids is 1. The fourth-order valence-electron chi connectivity index (χ4n) is 1.14. The number of carboxylic acid groups (broad SMARTS) is 1. The quantitative estimate of drug-likeness (QED) is 0.837. The molecule has 0 unspecified atom stereocenters. The van der Waals surface area contributed by atoms with Crippen molar-refractivity contribution in [2.24, 2.45) is 0 Å². The summed E-state index contributed by atoms with van der Waals surface area (Å²) in [6, 6.07) is -1.08. The van der Waals surface area contributed by atoms with Gasteiger partial charge in [-0.05, 0) is 29.8 Å². The normalized spacial score (nSPS) is 13.2. The van der Waals surface area contributed by atoms with Gasteiger partial charge in [0.15, 0.2) is 0 Å². The molecule has 84 valence electrons. The topological polar surface area (TPSA) is 58.0 Å². The van der Waals surface area contributed by atoms with E-state index in [0.29, 0.717) is 5.69 Å². The van der Waals surface area contributed by atoms with Gasteiger partial charge in [-0.25, -0.2) is 8.78 Å². The zero-order valence-corrected chi connectivity index (χ0v) is 9.59. The van der Waals surface area contributed by atoms with Gasteiger partial charge in [0.2, 0.25) is 0 Å². The molecule has 1 heterocycles. The molecule has 0 radical (unpaired) electrons. The maximum atomic E-state index is 12.4. The molecule has 0 saturated heterocycles. The van der Waals surface area contributed by atoms with Crippen LogP contribution in [0.3, 0.4) is 0 Å². The van der Waals surface area contributed by atoms with Gasteiger partial charge in [-0.1, -0.05) is 0 Å². The van der Waals surface area contributed by atoms with E-state index in [1.165, 1.54) is 13.8 Å². The molecule has 0 bridgehead atoms. The van der Waals surface area contributed by atoms with Gasteiger partial charge < -0.3 is 9.90 Å². The summed E-state index contributed by atoms with van der Waals surface area (Å²) in [4.78, 5) is 10.6. The third kappa shape index (κ3) is 2.17. The Morgan fingerprint density at radius 1 is 1.60 bits per heavy atom. The number of carbonyl (C=O) groups excluding carboxylic acids is 1. The molecule has 1 atom stereocenters. The van der Waals surface area contributed by atoms with Crippen molar-refractivity contribution in [3.8, 4) is 0 Å². The summed E-state index contributed by atoms with van der Waals surface area (Å²) in [5.41, 5.74) is -0.123. The van der Waals surface area contributed by atoms with Gasteiger partial charge in [-0.15, -0.1) is 0 Å². The van der Waals surface area contributed by atoms with E-state index in [2.05, 4.69) is 21.0 Å². The average molecular weight is 282 g/mol. The number of nitrogens with zero attached hydrogens (tertiary/aromatic N) is 2. The van der Waals surface area contributed by atoms with E-state index >= 15 is 0 Å². The van der Waals surface area contributed by atoms with Gasteiger partial charge >= 0.3 is 0 Å². The molecule has 0 saturated carbocycles. The van der Waals surface area contributed by atoms with E-state index in [1.54, 1.807) is 0 Å². The Kier molecular flexibility index (Phi) is 3.43. The van der Waals surface area contributed by atoms with Crippen molar-refractivity contribution in [3.05, 3.63) is 15.9 Å². The summed E-state index contributed by atoms with van der Waals surface area (Å²) < 4.78 is 26.0. The number of aliphatic carboxylic acids is 1. The van der Waals surface area contributed by atoms with Gasteiger partial charge in [0, 0.05) is 0 Å². The van der Waals surface area contributed by atoms with E-state index in [1.807, 2.05) is 0 Å². The van der Waals surface area contributed by atoms with Crippen molar-refractivity contribution in [1.82, 2.24) is 9.78 Å². The highest BCUT2D eigenvalue weighted by Gasteiger charge is 2.22. The van der Waals surface area contributed by atoms with Crippen molar-refractivity contribution >= 4 is 21.9 Å². The van der Waals surface area contributed by atoms with Crippen LogP contribution in [0.4, 0.5) is 8.78 Å². The maximum absolute atomic E-state index is 12.4. The number of carbonyl (C=O) groups is 1. The molecule has 0 fully saturated rings. The summed E-state index contributed by atoms with van der Waals surface area (Å²) in [5, 5.41) is 14.1. The van der Waals surface area contributed by atoms with E-state index in [4.69, 9.17) is 0 Å². The van der Waals surface area contributed by atoms with Crippen molar-refractivity contribution in [2.75, 3.05) is 0 Å². The zero-order chi connectivity index (χ0) is 11.7. The van der Waals surface area contributed by atoms with Crippen LogP contribution in [0, 0.1) is 6.92 Å². The lowest BCUT2D eigenvalue weighted by Crippen LogP contribution is -2.32. The molecular weight excluding hydrogens is 274 g/mol. The van der Waals surface area contributed by atoms with Crippen molar-refractivity contribution < 1.29 is 18.7 Å². The predicted octanol–water partition coefficient (Wildman–Crippen LogP) is 1.20. The van der Waals surface area contributed by atoms with Gasteiger partial charge in [-0.2, -0.15) is 5.10 Å². The largest absolute Gasteiger partial charge is 0.548 e. The minimum atomic E-state index is -2.74. The molecule has 0 aliphatic rings. The monoisotopic (exact) mass is 281 g/mol. The van der Waals surface area contributed by atoms with Crippen LogP contribution in [-0.2, 0) is 4.79 Å². The lowest BCUT2D eigenvalue weighted by Gasteiger charge is -2.14. The molecular formula is C8H8BrF2N2O2-. The molecule has 0 aliphatic carbocycles. The fourth-order valence-corrected chi connectivity index (χ4v) is 1.57. The predicted molar refractivity (Wildman–Crippen MR) is 49.3 cm³/mol. The van der Waals surface area contributed by atoms with Gasteiger partial charge in [-0.3, -0.25) is 4.68 Å². The Hall–Kier alpha value is -0.980. The third-order valence-electron chi connectivity index (χ3n) is 2.02. The van der Waals surface area contributed by atoms with Gasteiger partial charge in [0.25, 0.3) is 6.43 Å². The first-order chi connectivity index (χ1) is 6.86. The van der Waals surface area contributed by atoms with Crippen molar-refractivity contribution in [1.29, 1.82) is 0 Å². The molecule has 1 aromatic heterocycles. The van der Waals surface area contributed by atoms with Crippen LogP contribution < -0.4 is 5.11 Å². The second kappa shape index (κ2) is 4.26. The average Bonchev–Trinajstić information content (AvgIpc) is 2.43. The lowest BCUT2D eigenvalue weighted by molar-refractivity contribution is -0.310. The van der Waals surface area contributed by atoms with Gasteiger partial charge in [0.05, 0.1) is 22.2 Å². The third-order valence-corrected chi connectivity index (χ3v) is 3.00. The lowest BCUT2D eigenvalue weighted by atomic mass is 10.3. The first kappa shape index (κ1) is 12.1. The van der Waals surface area contributed by atoms with Crippen molar-refractivity contribution in [2.45, 2.75) is 26.3 Å². The number of rotatable bonds is 3. The molecule has 0 spiro atoms. The summed E-state index contributed by atoms with van der Waals surface area (Å²) in [6.45, 7) is 2.82. The Morgan fingerprint density at radius 2 is 2.13 bits per heavy atom. The Bertz CT molecular complexity index is 392. The Morgan fingerprint density at radius 3 is 2.47 bits per heavy atom. The minimum Gasteiger partial charge on any atom is -0.548 e. The molecule has 0 N–H and O–H groups in total. The van der Waals surface area contributed by atoms with Crippen LogP contribution >= 0.6 is 15.9 Å². The molecule has 0 aromatic carbocycles. The van der Waals surface area contributed by atoms with Crippen LogP contribution in [0.25, 0.3) is 0 Å². The standard InChI is InChI=1S/C8H9BrF2N2O2/c1-3-5(9)6(7(10)11)12-13(3)4(2)8(14)15/h4,7H,1-2H3,(H,14,15)/p-1/t4-/m0/s1. The molecule has 7 heteroatoms. The number of hydrogen-bond donors (Lipinski definition) is 0. The van der Waals surface area contributed by atoms with E-state index < -0.39 is 24.1 Å². The molecule has 0 amide bonds. The smallest absolute Gasteiger partial charge is 0.283 e. The van der Waals surface area contributed by atoms with Crippen LogP contribution in [0.15, 0.2) is 4.47 Å². The minimum absolute atomic E-state index is 0.130. The molecule has 1 rings (SSSR count). The molecule has 1 aromatic rings. The number of aromatic nitrogens is 2. The number of halogens is 3. The molecule has 0 aliphatic heterocycles. The summed E-state index contributed by atoms with van der Waals surface area (Å²) in [6.07, 6.45) is -2.74. The second-order valence-corrected chi connectivity index (χ2v) is 3.82. The van der Waals surface area contributed by atoms with Crippen LogP contribution in [-0.4, -0.2) is 15.7 Å². The Labute approximate surface area is 93.0 Å². The van der Waals surface area contributed by atoms with Crippen LogP contribution in [0.1, 0.15) is 30.8 Å². The summed E-state index contributed by atoms with van der Waals surface area (Å²) in [7, 11) is 0. The summed E-state index contributed by atoms with van der Waals surface area (Å²) in [5.74, 6) is -1.37. The second-order valence-electron chi connectivity index (χ2n) is 3.02. The molecule has 4 nitrogen and oxygen atoms in total. The maximum Gasteiger partial charge on any atom is 0.283 e. The highest BCUT2D eigenvalue weighted by molar-refractivity contribution is 9.10. The van der Waals surface area contributed by atoms with E-state index in [0.717, 1.165) is 4.68 Å². The SMILES string of the molecule is Cc1c(Br)c(C(F)F)nn1[C@@H](C)C(=O)[O-]. The highest BCUT2D eigenvalue weighted by Crippen LogP contribution is 2.30. The van der Waals surface area contributed by atoms with Gasteiger partial charge in [0.1, 0.15) is 5.69 Å². The fraction of sp³-hybridized carbons (Fsp3) is 0.500. The summed E-state index contributed by atoms with van der Waals surface area (Å²) >= 11 is 2.94. The Balaban J connectivity index is 3.21. The van der Waals surface area contributed by atoms with Crippen molar-refractivity contribution in [3.63, 3.8) is 0 Å². The first-order valence-corrected chi connectivity index (χ1v) is 4.89. The highest BCUT2D eigenvalue weighted by atomic mass is 79.9. The first-order valence-electron chi connectivity index (χ1n) is 4.09. The van der Waals surface area contributed by atoms with E-state index in [-0.39, 0.29) is 4.47 Å². The van der Waals surface area contributed by atoms with E-state index in [9.17, 15) is 18.7 Å². The van der Waals surface area contributed by atoms with Crippen LogP contribution in [0.5, 0.6) is 0 Å². The van der Waals surface area contributed by atoms with Crippen LogP contribution in [0.2, 0.25) is 0 Å². The zero-order valence-electron chi connectivity index (χ0n) is 8.00.